The normalized spacial score (nSPS) is 31.6. The van der Waals surface area contributed by atoms with Gasteiger partial charge < -0.3 is 19.3 Å². The van der Waals surface area contributed by atoms with Gasteiger partial charge in [0.1, 0.15) is 18.0 Å². The summed E-state index contributed by atoms with van der Waals surface area (Å²) in [5.74, 6) is 0.214. The van der Waals surface area contributed by atoms with E-state index in [0.717, 1.165) is 18.7 Å². The molecule has 1 fully saturated rings. The zero-order chi connectivity index (χ0) is 18.0. The van der Waals surface area contributed by atoms with Crippen molar-refractivity contribution in [3.63, 3.8) is 0 Å². The SMILES string of the molecule is COc1ccc([C@@H](C)N2CC/C=C\[C@H]3OC(C)(C)O[C@H]3[C@@H]2CO)cc1. The topological polar surface area (TPSA) is 51.2 Å². The minimum atomic E-state index is -0.632. The molecule has 0 spiro atoms. The number of rotatable bonds is 4. The van der Waals surface area contributed by atoms with Crippen molar-refractivity contribution in [1.82, 2.24) is 4.90 Å². The molecule has 0 radical (unpaired) electrons. The average molecular weight is 347 g/mol. The first kappa shape index (κ1) is 18.4. The van der Waals surface area contributed by atoms with Crippen LogP contribution in [0.1, 0.15) is 38.8 Å². The summed E-state index contributed by atoms with van der Waals surface area (Å²) in [6.45, 7) is 6.93. The Balaban J connectivity index is 1.86. The van der Waals surface area contributed by atoms with Crippen LogP contribution in [-0.2, 0) is 9.47 Å². The lowest BCUT2D eigenvalue weighted by Gasteiger charge is -2.40. The number of aliphatic hydroxyl groups excluding tert-OH is 1. The van der Waals surface area contributed by atoms with Gasteiger partial charge in [0, 0.05) is 12.6 Å². The highest BCUT2D eigenvalue weighted by molar-refractivity contribution is 5.29. The first-order chi connectivity index (χ1) is 11.9. The second kappa shape index (κ2) is 7.46. The molecule has 25 heavy (non-hydrogen) atoms. The molecule has 0 aliphatic carbocycles. The molecule has 3 rings (SSSR count). The van der Waals surface area contributed by atoms with Gasteiger partial charge in [-0.05, 0) is 44.9 Å². The van der Waals surface area contributed by atoms with Crippen LogP contribution in [0.4, 0.5) is 0 Å². The number of ether oxygens (including phenoxy) is 3. The van der Waals surface area contributed by atoms with Crippen LogP contribution in [0.5, 0.6) is 5.75 Å². The highest BCUT2D eigenvalue weighted by Crippen LogP contribution is 2.36. The van der Waals surface area contributed by atoms with Crippen molar-refractivity contribution in [3.8, 4) is 5.75 Å². The highest BCUT2D eigenvalue weighted by Gasteiger charge is 2.46. The minimum absolute atomic E-state index is 0.0366. The van der Waals surface area contributed by atoms with E-state index < -0.39 is 5.79 Å². The molecule has 1 aromatic rings. The molecule has 4 atom stereocenters. The van der Waals surface area contributed by atoms with Gasteiger partial charge in [-0.2, -0.15) is 0 Å². The zero-order valence-corrected chi connectivity index (χ0v) is 15.5. The van der Waals surface area contributed by atoms with Crippen LogP contribution in [-0.4, -0.2) is 54.3 Å². The van der Waals surface area contributed by atoms with E-state index in [1.165, 1.54) is 5.56 Å². The van der Waals surface area contributed by atoms with E-state index in [4.69, 9.17) is 14.2 Å². The molecular weight excluding hydrogens is 318 g/mol. The van der Waals surface area contributed by atoms with E-state index in [9.17, 15) is 5.11 Å². The van der Waals surface area contributed by atoms with Gasteiger partial charge in [-0.3, -0.25) is 4.90 Å². The van der Waals surface area contributed by atoms with Crippen LogP contribution < -0.4 is 4.74 Å². The summed E-state index contributed by atoms with van der Waals surface area (Å²) >= 11 is 0. The summed E-state index contributed by atoms with van der Waals surface area (Å²) in [5.41, 5.74) is 1.19. The molecule has 0 bridgehead atoms. The quantitative estimate of drug-likeness (QED) is 0.849. The highest BCUT2D eigenvalue weighted by atomic mass is 16.8. The monoisotopic (exact) mass is 347 g/mol. The van der Waals surface area contributed by atoms with E-state index in [-0.39, 0.29) is 30.9 Å². The Hall–Kier alpha value is -1.40. The van der Waals surface area contributed by atoms with Gasteiger partial charge in [-0.1, -0.05) is 24.3 Å². The van der Waals surface area contributed by atoms with E-state index in [1.807, 2.05) is 26.0 Å². The van der Waals surface area contributed by atoms with E-state index >= 15 is 0 Å². The van der Waals surface area contributed by atoms with Crippen molar-refractivity contribution < 1.29 is 19.3 Å². The Morgan fingerprint density at radius 3 is 2.64 bits per heavy atom. The van der Waals surface area contributed by atoms with Crippen molar-refractivity contribution >= 4 is 0 Å². The molecule has 5 nitrogen and oxygen atoms in total. The van der Waals surface area contributed by atoms with E-state index in [0.29, 0.717) is 0 Å². The third-order valence-electron chi connectivity index (χ3n) is 5.13. The lowest BCUT2D eigenvalue weighted by atomic mass is 9.97. The molecule has 0 saturated carbocycles. The molecule has 2 aliphatic heterocycles. The maximum absolute atomic E-state index is 10.2. The molecule has 0 unspecified atom stereocenters. The molecule has 5 heteroatoms. The van der Waals surface area contributed by atoms with Crippen LogP contribution in [0.15, 0.2) is 36.4 Å². The predicted octanol–water partition coefficient (Wildman–Crippen LogP) is 2.90. The Labute approximate surface area is 150 Å². The number of aliphatic hydroxyl groups is 1. The van der Waals surface area contributed by atoms with Crippen LogP contribution in [0, 0.1) is 0 Å². The smallest absolute Gasteiger partial charge is 0.164 e. The fraction of sp³-hybridized carbons (Fsp3) is 0.600. The third kappa shape index (κ3) is 3.90. The van der Waals surface area contributed by atoms with Crippen LogP contribution in [0.25, 0.3) is 0 Å². The maximum Gasteiger partial charge on any atom is 0.164 e. The van der Waals surface area contributed by atoms with Gasteiger partial charge in [0.25, 0.3) is 0 Å². The summed E-state index contributed by atoms with van der Waals surface area (Å²) in [4.78, 5) is 2.33. The molecular formula is C20H29NO4. The number of hydrogen-bond donors (Lipinski definition) is 1. The van der Waals surface area contributed by atoms with Crippen molar-refractivity contribution in [2.45, 2.75) is 57.3 Å². The molecule has 1 saturated heterocycles. The fourth-order valence-corrected chi connectivity index (χ4v) is 3.84. The van der Waals surface area contributed by atoms with Crippen LogP contribution in [0.3, 0.4) is 0 Å². The lowest BCUT2D eigenvalue weighted by molar-refractivity contribution is -0.152. The van der Waals surface area contributed by atoms with Crippen molar-refractivity contribution in [1.29, 1.82) is 0 Å². The van der Waals surface area contributed by atoms with Gasteiger partial charge >= 0.3 is 0 Å². The molecule has 138 valence electrons. The van der Waals surface area contributed by atoms with Crippen molar-refractivity contribution in [2.75, 3.05) is 20.3 Å². The average Bonchev–Trinajstić information content (AvgIpc) is 2.89. The summed E-state index contributed by atoms with van der Waals surface area (Å²) < 4.78 is 17.4. The lowest BCUT2D eigenvalue weighted by Crippen LogP contribution is -2.51. The summed E-state index contributed by atoms with van der Waals surface area (Å²) in [6, 6.07) is 8.16. The molecule has 0 amide bonds. The van der Waals surface area contributed by atoms with Gasteiger partial charge in [-0.25, -0.2) is 0 Å². The first-order valence-corrected chi connectivity index (χ1v) is 8.98. The Bertz CT molecular complexity index is 598. The molecule has 1 N–H and O–H groups in total. The van der Waals surface area contributed by atoms with Crippen LogP contribution in [0.2, 0.25) is 0 Å². The predicted molar refractivity (Wildman–Crippen MR) is 96.6 cm³/mol. The van der Waals surface area contributed by atoms with E-state index in [2.05, 4.69) is 36.1 Å². The molecule has 2 heterocycles. The van der Waals surface area contributed by atoms with Gasteiger partial charge in [0.05, 0.1) is 19.8 Å². The minimum Gasteiger partial charge on any atom is -0.497 e. The van der Waals surface area contributed by atoms with Crippen molar-refractivity contribution in [3.05, 3.63) is 42.0 Å². The standard InChI is InChI=1S/C20H29NO4/c1-14(15-8-10-16(23-4)11-9-15)21-12-6-5-7-18-19(17(21)13-22)25-20(2,3)24-18/h5,7-11,14,17-19,22H,6,12-13H2,1-4H3/b7-5-/t14-,17+,18-,19+/m1/s1. The second-order valence-electron chi connectivity index (χ2n) is 7.22. The number of methoxy groups -OCH3 is 1. The summed E-state index contributed by atoms with van der Waals surface area (Å²) in [7, 11) is 1.67. The number of nitrogens with zero attached hydrogens (tertiary/aromatic N) is 1. The number of benzene rings is 1. The van der Waals surface area contributed by atoms with Crippen molar-refractivity contribution in [2.24, 2.45) is 0 Å². The number of fused-ring (bicyclic) bond motifs is 1. The molecule has 2 aliphatic rings. The van der Waals surface area contributed by atoms with Gasteiger partial charge in [0.2, 0.25) is 0 Å². The number of hydrogen-bond acceptors (Lipinski definition) is 5. The van der Waals surface area contributed by atoms with Gasteiger partial charge in [0.15, 0.2) is 5.79 Å². The molecule has 0 aromatic heterocycles. The third-order valence-corrected chi connectivity index (χ3v) is 5.13. The first-order valence-electron chi connectivity index (χ1n) is 8.98. The summed E-state index contributed by atoms with van der Waals surface area (Å²) in [6.07, 6.45) is 4.85. The molecule has 1 aromatic carbocycles. The summed E-state index contributed by atoms with van der Waals surface area (Å²) in [5, 5.41) is 10.2. The van der Waals surface area contributed by atoms with Crippen LogP contribution >= 0.6 is 0 Å². The zero-order valence-electron chi connectivity index (χ0n) is 15.5. The Kier molecular flexibility index (Phi) is 5.49. The largest absolute Gasteiger partial charge is 0.497 e. The van der Waals surface area contributed by atoms with E-state index in [1.54, 1.807) is 7.11 Å². The van der Waals surface area contributed by atoms with Gasteiger partial charge in [-0.15, -0.1) is 0 Å². The fourth-order valence-electron chi connectivity index (χ4n) is 3.84. The Morgan fingerprint density at radius 2 is 2.00 bits per heavy atom. The maximum atomic E-state index is 10.2. The Morgan fingerprint density at radius 1 is 1.28 bits per heavy atom. The second-order valence-corrected chi connectivity index (χ2v) is 7.22.